The highest BCUT2D eigenvalue weighted by molar-refractivity contribution is 6.08. The Hall–Kier alpha value is -5.02. The molecule has 5 N–H and O–H groups in total. The van der Waals surface area contributed by atoms with Crippen LogP contribution >= 0.6 is 0 Å². The van der Waals surface area contributed by atoms with Gasteiger partial charge in [-0.2, -0.15) is 0 Å². The summed E-state index contributed by atoms with van der Waals surface area (Å²) in [6, 6.07) is 17.0. The molecule has 0 unspecified atom stereocenters. The standard InChI is InChI=1S/C35H38N6O3/c1-3-23-4-6-26(7-5-23)31-21-41(20-24-12-14-44-15-13-24)22-32(33(31)42)35(43)40-29-10-8-25(9-11-29)30-16-27(19-39-34(30)37)28(17-36)18-38-2/h4-11,16-19,21-22,24,36,38H,3,12-15,20H2,1-2H3,(H2,37,39)(H,40,43)/b28-18+,36-17?. The van der Waals surface area contributed by atoms with E-state index in [0.29, 0.717) is 40.7 Å². The van der Waals surface area contributed by atoms with E-state index in [1.54, 1.807) is 37.8 Å². The summed E-state index contributed by atoms with van der Waals surface area (Å²) in [5.74, 6) is 0.300. The number of amides is 1. The molecular formula is C35H38N6O3. The van der Waals surface area contributed by atoms with Crippen molar-refractivity contribution in [1.29, 1.82) is 5.41 Å². The minimum atomic E-state index is -0.466. The van der Waals surface area contributed by atoms with Crippen molar-refractivity contribution in [3.05, 3.63) is 106 Å². The van der Waals surface area contributed by atoms with Crippen molar-refractivity contribution in [2.45, 2.75) is 32.7 Å². The molecule has 1 aliphatic heterocycles. The largest absolute Gasteiger partial charge is 0.393 e. The molecule has 4 aromatic rings. The van der Waals surface area contributed by atoms with Crippen LogP contribution in [0.15, 0.2) is 84.2 Å². The molecule has 9 heteroatoms. The number of nitrogens with one attached hydrogen (secondary N) is 3. The molecule has 0 atom stereocenters. The zero-order valence-electron chi connectivity index (χ0n) is 25.1. The van der Waals surface area contributed by atoms with E-state index in [9.17, 15) is 9.59 Å². The van der Waals surface area contributed by atoms with Crippen molar-refractivity contribution in [2.24, 2.45) is 5.92 Å². The van der Waals surface area contributed by atoms with Crippen LogP contribution in [0.3, 0.4) is 0 Å². The molecule has 0 aliphatic carbocycles. The third-order valence-electron chi connectivity index (χ3n) is 7.97. The number of hydrogen-bond acceptors (Lipinski definition) is 7. The highest BCUT2D eigenvalue weighted by Crippen LogP contribution is 2.29. The van der Waals surface area contributed by atoms with Gasteiger partial charge in [0.1, 0.15) is 11.4 Å². The van der Waals surface area contributed by atoms with Crippen molar-refractivity contribution < 1.29 is 9.53 Å². The molecule has 44 heavy (non-hydrogen) atoms. The number of benzene rings is 2. The second-order valence-electron chi connectivity index (χ2n) is 10.9. The van der Waals surface area contributed by atoms with Gasteiger partial charge in [0.2, 0.25) is 5.43 Å². The number of allylic oxidation sites excluding steroid dienone is 1. The van der Waals surface area contributed by atoms with E-state index in [4.69, 9.17) is 15.9 Å². The first-order valence-electron chi connectivity index (χ1n) is 14.9. The Kier molecular flexibility index (Phi) is 9.66. The summed E-state index contributed by atoms with van der Waals surface area (Å²) in [4.78, 5) is 31.6. The van der Waals surface area contributed by atoms with Gasteiger partial charge in [-0.25, -0.2) is 4.98 Å². The summed E-state index contributed by atoms with van der Waals surface area (Å²) in [5, 5.41) is 13.5. The second kappa shape index (κ2) is 14.0. The van der Waals surface area contributed by atoms with Gasteiger partial charge in [-0.15, -0.1) is 0 Å². The minimum Gasteiger partial charge on any atom is -0.393 e. The van der Waals surface area contributed by atoms with Crippen LogP contribution in [0.2, 0.25) is 0 Å². The number of ether oxygens (including phenoxy) is 1. The molecule has 2 aromatic heterocycles. The second-order valence-corrected chi connectivity index (χ2v) is 10.9. The first-order chi connectivity index (χ1) is 21.4. The molecule has 3 heterocycles. The molecule has 0 saturated carbocycles. The van der Waals surface area contributed by atoms with Gasteiger partial charge in [0.05, 0.1) is 0 Å². The summed E-state index contributed by atoms with van der Waals surface area (Å²) in [6.45, 7) is 4.24. The topological polar surface area (TPSA) is 135 Å². The first kappa shape index (κ1) is 30.4. The number of nitrogens with two attached hydrogens (primary N) is 1. The Bertz CT molecular complexity index is 1720. The van der Waals surface area contributed by atoms with Crippen LogP contribution < -0.4 is 21.8 Å². The van der Waals surface area contributed by atoms with Crippen LogP contribution in [0.1, 0.15) is 41.3 Å². The summed E-state index contributed by atoms with van der Waals surface area (Å²) in [6.07, 6.45) is 10.9. The van der Waals surface area contributed by atoms with E-state index in [1.165, 1.54) is 11.8 Å². The maximum absolute atomic E-state index is 13.7. The third-order valence-corrected chi connectivity index (χ3v) is 7.97. The summed E-state index contributed by atoms with van der Waals surface area (Å²) >= 11 is 0. The van der Waals surface area contributed by atoms with Gasteiger partial charge >= 0.3 is 0 Å². The number of pyridine rings is 2. The van der Waals surface area contributed by atoms with Crippen molar-refractivity contribution in [1.82, 2.24) is 14.9 Å². The van der Waals surface area contributed by atoms with E-state index in [2.05, 4.69) is 22.5 Å². The van der Waals surface area contributed by atoms with Gasteiger partial charge in [0.25, 0.3) is 5.91 Å². The number of hydrogen-bond donors (Lipinski definition) is 4. The van der Waals surface area contributed by atoms with Crippen LogP contribution in [0.25, 0.3) is 27.8 Å². The molecule has 0 spiro atoms. The quantitative estimate of drug-likeness (QED) is 0.177. The Morgan fingerprint density at radius 3 is 2.41 bits per heavy atom. The highest BCUT2D eigenvalue weighted by Gasteiger charge is 2.20. The normalized spacial score (nSPS) is 13.8. The molecule has 5 rings (SSSR count). The number of aromatic nitrogens is 2. The lowest BCUT2D eigenvalue weighted by Gasteiger charge is -2.23. The Labute approximate surface area is 257 Å². The van der Waals surface area contributed by atoms with E-state index in [-0.39, 0.29) is 11.0 Å². The zero-order chi connectivity index (χ0) is 31.1. The van der Waals surface area contributed by atoms with Gasteiger partial charge < -0.3 is 31.1 Å². The Morgan fingerprint density at radius 1 is 1.07 bits per heavy atom. The maximum atomic E-state index is 13.7. The molecule has 1 aliphatic rings. The minimum absolute atomic E-state index is 0.0924. The highest BCUT2D eigenvalue weighted by atomic mass is 16.5. The average molecular weight is 591 g/mol. The summed E-state index contributed by atoms with van der Waals surface area (Å²) < 4.78 is 7.50. The molecule has 0 radical (unpaired) electrons. The van der Waals surface area contributed by atoms with Crippen LogP contribution in [-0.2, 0) is 17.7 Å². The average Bonchev–Trinajstić information content (AvgIpc) is 3.05. The molecule has 1 fully saturated rings. The number of nitrogen functional groups attached to an aromatic ring is 1. The van der Waals surface area contributed by atoms with Gasteiger partial charge in [-0.3, -0.25) is 9.59 Å². The SMILES string of the molecule is CCc1ccc(-c2cn(CC3CCOCC3)cc(C(=O)Nc3ccc(-c4cc(/C(C=N)=C/NC)cnc4N)cc3)c2=O)cc1. The molecule has 1 saturated heterocycles. The molecule has 1 amide bonds. The zero-order valence-corrected chi connectivity index (χ0v) is 25.1. The lowest BCUT2D eigenvalue weighted by molar-refractivity contribution is 0.0612. The van der Waals surface area contributed by atoms with Crippen LogP contribution in [0.5, 0.6) is 0 Å². The fraction of sp³-hybridized carbons (Fsp3) is 0.257. The van der Waals surface area contributed by atoms with Crippen LogP contribution in [-0.4, -0.2) is 41.9 Å². The molecule has 9 nitrogen and oxygen atoms in total. The lowest BCUT2D eigenvalue weighted by Crippen LogP contribution is -2.26. The molecule has 0 bridgehead atoms. The predicted molar refractivity (Wildman–Crippen MR) is 177 cm³/mol. The number of anilines is 2. The van der Waals surface area contributed by atoms with Gasteiger partial charge in [0, 0.05) is 85.8 Å². The predicted octanol–water partition coefficient (Wildman–Crippen LogP) is 5.61. The lowest BCUT2D eigenvalue weighted by atomic mass is 9.99. The first-order valence-corrected chi connectivity index (χ1v) is 14.9. The molecule has 2 aromatic carbocycles. The van der Waals surface area contributed by atoms with Crippen LogP contribution in [0, 0.1) is 11.3 Å². The maximum Gasteiger partial charge on any atom is 0.261 e. The van der Waals surface area contributed by atoms with Crippen molar-refractivity contribution >= 4 is 29.2 Å². The Balaban J connectivity index is 1.43. The van der Waals surface area contributed by atoms with E-state index >= 15 is 0 Å². The number of carbonyl (C=O) groups is 1. The van der Waals surface area contributed by atoms with Crippen molar-refractivity contribution in [3.63, 3.8) is 0 Å². The van der Waals surface area contributed by atoms with Gasteiger partial charge in [-0.05, 0) is 60.1 Å². The number of aryl methyl sites for hydroxylation is 1. The van der Waals surface area contributed by atoms with E-state index in [0.717, 1.165) is 49.2 Å². The summed E-state index contributed by atoms with van der Waals surface area (Å²) in [7, 11) is 1.77. The molecule has 226 valence electrons. The fourth-order valence-electron chi connectivity index (χ4n) is 5.41. The smallest absolute Gasteiger partial charge is 0.261 e. The fourth-order valence-corrected chi connectivity index (χ4v) is 5.41. The number of carbonyl (C=O) groups excluding carboxylic acids is 1. The van der Waals surface area contributed by atoms with Crippen molar-refractivity contribution in [3.8, 4) is 22.3 Å². The van der Waals surface area contributed by atoms with E-state index < -0.39 is 5.91 Å². The summed E-state index contributed by atoms with van der Waals surface area (Å²) in [5.41, 5.74) is 11.9. The van der Waals surface area contributed by atoms with Gasteiger partial charge in [-0.1, -0.05) is 43.3 Å². The van der Waals surface area contributed by atoms with E-state index in [1.807, 2.05) is 53.2 Å². The third kappa shape index (κ3) is 6.95. The Morgan fingerprint density at radius 2 is 1.75 bits per heavy atom. The van der Waals surface area contributed by atoms with Crippen LogP contribution in [0.4, 0.5) is 11.5 Å². The van der Waals surface area contributed by atoms with Crippen molar-refractivity contribution in [2.75, 3.05) is 31.3 Å². The van der Waals surface area contributed by atoms with Gasteiger partial charge in [0.15, 0.2) is 0 Å². The number of rotatable bonds is 10. The monoisotopic (exact) mass is 590 g/mol. The number of nitrogens with zero attached hydrogens (tertiary/aromatic N) is 2. The molecular weight excluding hydrogens is 552 g/mol.